The quantitative estimate of drug-likeness (QED) is 0.497. The van der Waals surface area contributed by atoms with Crippen molar-refractivity contribution >= 4 is 22.8 Å². The van der Waals surface area contributed by atoms with E-state index in [0.29, 0.717) is 64.9 Å². The van der Waals surface area contributed by atoms with E-state index in [1.807, 2.05) is 6.92 Å². The van der Waals surface area contributed by atoms with Crippen molar-refractivity contribution in [3.05, 3.63) is 41.6 Å². The standard InChI is InChI=1S/C26H30FN5O4/c1-14-9-32(21(33)12-35-3)10-19(14)31-26(34)22-15(2)30-25-23(28-13-29-24(22)25)18-8-17(27)6-7-20(18)36-11-16-4-5-16/h6-8,13-14,16,19,30H,4-5,9-12H2,1-3H3,(H,31,34). The molecular formula is C26H30FN5O4. The monoisotopic (exact) mass is 495 g/mol. The van der Waals surface area contributed by atoms with Gasteiger partial charge in [0.25, 0.3) is 5.91 Å². The molecule has 1 aliphatic carbocycles. The average molecular weight is 496 g/mol. The number of fused-ring (bicyclic) bond motifs is 1. The van der Waals surface area contributed by atoms with E-state index in [1.54, 1.807) is 17.9 Å². The van der Waals surface area contributed by atoms with Crippen molar-refractivity contribution in [2.75, 3.05) is 33.4 Å². The van der Waals surface area contributed by atoms with Crippen LogP contribution in [0.5, 0.6) is 5.75 Å². The molecule has 10 heteroatoms. The Morgan fingerprint density at radius 1 is 1.25 bits per heavy atom. The number of aromatic amines is 1. The van der Waals surface area contributed by atoms with E-state index < -0.39 is 5.82 Å². The third-order valence-corrected chi connectivity index (χ3v) is 6.92. The molecule has 2 N–H and O–H groups in total. The highest BCUT2D eigenvalue weighted by Crippen LogP contribution is 2.36. The summed E-state index contributed by atoms with van der Waals surface area (Å²) in [7, 11) is 1.48. The molecule has 0 bridgehead atoms. The molecule has 2 aromatic heterocycles. The van der Waals surface area contributed by atoms with E-state index in [4.69, 9.17) is 9.47 Å². The summed E-state index contributed by atoms with van der Waals surface area (Å²) >= 11 is 0. The minimum absolute atomic E-state index is 0.0150. The molecule has 2 amide bonds. The van der Waals surface area contributed by atoms with E-state index in [2.05, 4.69) is 20.3 Å². The number of hydrogen-bond donors (Lipinski definition) is 2. The number of ether oxygens (including phenoxy) is 2. The maximum absolute atomic E-state index is 14.2. The van der Waals surface area contributed by atoms with Gasteiger partial charge in [0, 0.05) is 31.5 Å². The van der Waals surface area contributed by atoms with Crippen LogP contribution in [0.3, 0.4) is 0 Å². The van der Waals surface area contributed by atoms with Gasteiger partial charge in [-0.1, -0.05) is 6.92 Å². The van der Waals surface area contributed by atoms with Crippen molar-refractivity contribution in [2.45, 2.75) is 32.7 Å². The predicted molar refractivity (Wildman–Crippen MR) is 131 cm³/mol. The van der Waals surface area contributed by atoms with Crippen molar-refractivity contribution in [2.24, 2.45) is 11.8 Å². The molecule has 2 fully saturated rings. The molecule has 2 aliphatic rings. The van der Waals surface area contributed by atoms with Gasteiger partial charge in [-0.3, -0.25) is 9.59 Å². The summed E-state index contributed by atoms with van der Waals surface area (Å²) < 4.78 is 25.2. The van der Waals surface area contributed by atoms with Gasteiger partial charge in [0.2, 0.25) is 5.91 Å². The summed E-state index contributed by atoms with van der Waals surface area (Å²) in [6.45, 7) is 5.36. The van der Waals surface area contributed by atoms with Gasteiger partial charge in [-0.25, -0.2) is 14.4 Å². The molecule has 0 spiro atoms. The molecule has 3 aromatic rings. The van der Waals surface area contributed by atoms with Gasteiger partial charge in [-0.2, -0.15) is 0 Å². The van der Waals surface area contributed by atoms with Crippen LogP contribution in [-0.2, 0) is 9.53 Å². The van der Waals surface area contributed by atoms with Crippen LogP contribution in [0.2, 0.25) is 0 Å². The lowest BCUT2D eigenvalue weighted by Crippen LogP contribution is -2.41. The number of halogens is 1. The number of nitrogens with zero attached hydrogens (tertiary/aromatic N) is 3. The lowest BCUT2D eigenvalue weighted by Gasteiger charge is -2.17. The van der Waals surface area contributed by atoms with Gasteiger partial charge in [0.1, 0.15) is 35.7 Å². The van der Waals surface area contributed by atoms with Crippen LogP contribution in [0.4, 0.5) is 4.39 Å². The smallest absolute Gasteiger partial charge is 0.255 e. The maximum Gasteiger partial charge on any atom is 0.255 e. The Morgan fingerprint density at radius 3 is 2.81 bits per heavy atom. The first kappa shape index (κ1) is 24.2. The molecule has 5 rings (SSSR count). The second kappa shape index (κ2) is 9.85. The highest BCUT2D eigenvalue weighted by Gasteiger charge is 2.34. The van der Waals surface area contributed by atoms with Crippen molar-refractivity contribution < 1.29 is 23.5 Å². The van der Waals surface area contributed by atoms with E-state index in [0.717, 1.165) is 12.8 Å². The average Bonchev–Trinajstić information content (AvgIpc) is 3.51. The van der Waals surface area contributed by atoms with Crippen molar-refractivity contribution in [1.82, 2.24) is 25.2 Å². The SMILES string of the molecule is COCC(=O)N1CC(C)C(NC(=O)c2c(C)[nH]c3c(-c4cc(F)ccc4OCC4CC4)ncnc23)C1. The largest absolute Gasteiger partial charge is 0.493 e. The fourth-order valence-electron chi connectivity index (χ4n) is 4.72. The fraction of sp³-hybridized carbons (Fsp3) is 0.462. The fourth-order valence-corrected chi connectivity index (χ4v) is 4.72. The summed E-state index contributed by atoms with van der Waals surface area (Å²) in [5, 5.41) is 3.07. The van der Waals surface area contributed by atoms with Crippen LogP contribution < -0.4 is 10.1 Å². The minimum atomic E-state index is -0.403. The van der Waals surface area contributed by atoms with Crippen molar-refractivity contribution in [3.63, 3.8) is 0 Å². The van der Waals surface area contributed by atoms with Crippen LogP contribution in [0.25, 0.3) is 22.3 Å². The lowest BCUT2D eigenvalue weighted by atomic mass is 10.1. The molecule has 2 atom stereocenters. The van der Waals surface area contributed by atoms with Crippen LogP contribution in [0, 0.1) is 24.6 Å². The number of rotatable bonds is 8. The van der Waals surface area contributed by atoms with Gasteiger partial charge in [0.15, 0.2) is 0 Å². The van der Waals surface area contributed by atoms with Crippen molar-refractivity contribution in [1.29, 1.82) is 0 Å². The molecule has 9 nitrogen and oxygen atoms in total. The van der Waals surface area contributed by atoms with Crippen LogP contribution in [0.15, 0.2) is 24.5 Å². The van der Waals surface area contributed by atoms with Crippen LogP contribution in [0.1, 0.15) is 35.8 Å². The second-order valence-corrected chi connectivity index (χ2v) is 9.75. The Hall–Kier alpha value is -3.53. The summed E-state index contributed by atoms with van der Waals surface area (Å²) in [6.07, 6.45) is 3.65. The molecule has 190 valence electrons. The molecule has 1 saturated heterocycles. The zero-order valence-electron chi connectivity index (χ0n) is 20.6. The van der Waals surface area contributed by atoms with E-state index in [1.165, 1.54) is 25.6 Å². The molecule has 1 aliphatic heterocycles. The number of carbonyl (C=O) groups is 2. The molecule has 3 heterocycles. The van der Waals surface area contributed by atoms with Gasteiger partial charge >= 0.3 is 0 Å². The van der Waals surface area contributed by atoms with Gasteiger partial charge in [-0.05, 0) is 49.8 Å². The van der Waals surface area contributed by atoms with Gasteiger partial charge in [-0.15, -0.1) is 0 Å². The van der Waals surface area contributed by atoms with Gasteiger partial charge in [0.05, 0.1) is 23.7 Å². The summed E-state index contributed by atoms with van der Waals surface area (Å²) in [4.78, 5) is 39.4. The second-order valence-electron chi connectivity index (χ2n) is 9.75. The first-order chi connectivity index (χ1) is 17.4. The number of aromatic nitrogens is 3. The van der Waals surface area contributed by atoms with Crippen LogP contribution >= 0.6 is 0 Å². The Labute approximate surface area is 208 Å². The van der Waals surface area contributed by atoms with E-state index in [-0.39, 0.29) is 30.4 Å². The van der Waals surface area contributed by atoms with Crippen LogP contribution in [-0.4, -0.2) is 71.1 Å². The first-order valence-electron chi connectivity index (χ1n) is 12.2. The number of H-pyrrole nitrogens is 1. The summed E-state index contributed by atoms with van der Waals surface area (Å²) in [6, 6.07) is 4.18. The Bertz CT molecular complexity index is 1300. The third kappa shape index (κ3) is 4.77. The molecule has 1 aromatic carbocycles. The number of methoxy groups -OCH3 is 1. The number of hydrogen-bond acceptors (Lipinski definition) is 6. The normalized spacial score (nSPS) is 19.6. The van der Waals surface area contributed by atoms with E-state index in [9.17, 15) is 14.0 Å². The maximum atomic E-state index is 14.2. The summed E-state index contributed by atoms with van der Waals surface area (Å²) in [5.41, 5.74) is 2.99. The zero-order chi connectivity index (χ0) is 25.4. The number of benzene rings is 1. The van der Waals surface area contributed by atoms with Gasteiger partial charge < -0.3 is 24.7 Å². The highest BCUT2D eigenvalue weighted by atomic mass is 19.1. The minimum Gasteiger partial charge on any atom is -0.493 e. The number of nitrogens with one attached hydrogen (secondary N) is 2. The molecule has 36 heavy (non-hydrogen) atoms. The number of likely N-dealkylation sites (tertiary alicyclic amines) is 1. The van der Waals surface area contributed by atoms with E-state index >= 15 is 0 Å². The Morgan fingerprint density at radius 2 is 2.06 bits per heavy atom. The predicted octanol–water partition coefficient (Wildman–Crippen LogP) is 3.08. The zero-order valence-corrected chi connectivity index (χ0v) is 20.6. The van der Waals surface area contributed by atoms with Crippen molar-refractivity contribution in [3.8, 4) is 17.0 Å². The topological polar surface area (TPSA) is 109 Å². The Balaban J connectivity index is 1.43. The molecule has 0 radical (unpaired) electrons. The Kier molecular flexibility index (Phi) is 6.61. The number of aryl methyl sites for hydroxylation is 1. The first-order valence-corrected chi connectivity index (χ1v) is 12.2. The third-order valence-electron chi connectivity index (χ3n) is 6.92. The molecule has 2 unspecified atom stereocenters. The summed E-state index contributed by atoms with van der Waals surface area (Å²) in [5.74, 6) is 0.378. The lowest BCUT2D eigenvalue weighted by molar-refractivity contribution is -0.134. The number of amides is 2. The molecule has 1 saturated carbocycles. The number of carbonyl (C=O) groups excluding carboxylic acids is 2. The molecular weight excluding hydrogens is 465 g/mol. The highest BCUT2D eigenvalue weighted by molar-refractivity contribution is 6.09.